The highest BCUT2D eigenvalue weighted by Gasteiger charge is 2.42. The maximum atomic E-state index is 14.2. The Hall–Kier alpha value is -4.38. The summed E-state index contributed by atoms with van der Waals surface area (Å²) in [6, 6.07) is 16.3. The molecular weight excluding hydrogens is 564 g/mol. The lowest BCUT2D eigenvalue weighted by Gasteiger charge is -2.39. The minimum Gasteiger partial charge on any atom is -0.336 e. The van der Waals surface area contributed by atoms with Gasteiger partial charge in [0.2, 0.25) is 5.91 Å². The fourth-order valence-corrected chi connectivity index (χ4v) is 6.90. The summed E-state index contributed by atoms with van der Waals surface area (Å²) in [7, 11) is -5.97. The molecule has 0 saturated carbocycles. The fraction of sp³-hybridized carbons (Fsp3) is 0.214. The van der Waals surface area contributed by atoms with Crippen LogP contribution in [0.4, 0.5) is 5.69 Å². The predicted molar refractivity (Wildman–Crippen MR) is 150 cm³/mol. The van der Waals surface area contributed by atoms with Gasteiger partial charge in [0, 0.05) is 44.4 Å². The third kappa shape index (κ3) is 5.62. The van der Waals surface area contributed by atoms with Crippen LogP contribution in [0.5, 0.6) is 0 Å². The van der Waals surface area contributed by atoms with Crippen molar-refractivity contribution in [2.75, 3.05) is 11.2 Å². The largest absolute Gasteiger partial charge is 0.336 e. The van der Waals surface area contributed by atoms with Crippen molar-refractivity contribution in [1.29, 1.82) is 5.26 Å². The van der Waals surface area contributed by atoms with Crippen LogP contribution in [0, 0.1) is 11.3 Å². The zero-order chi connectivity index (χ0) is 29.4. The number of hydrogen-bond acceptors (Lipinski definition) is 8. The van der Waals surface area contributed by atoms with E-state index in [0.717, 1.165) is 16.3 Å². The highest BCUT2D eigenvalue weighted by molar-refractivity contribution is 7.90. The van der Waals surface area contributed by atoms with Crippen molar-refractivity contribution in [3.8, 4) is 6.07 Å². The Kier molecular flexibility index (Phi) is 7.48. The second-order valence-corrected chi connectivity index (χ2v) is 13.6. The summed E-state index contributed by atoms with van der Waals surface area (Å²) in [5, 5.41) is 9.30. The average Bonchev–Trinajstić information content (AvgIpc) is 3.37. The molecule has 1 aliphatic heterocycles. The molecule has 41 heavy (non-hydrogen) atoms. The molecular formula is C28H26N6O5S2. The van der Waals surface area contributed by atoms with Crippen LogP contribution in [0.15, 0.2) is 89.3 Å². The van der Waals surface area contributed by atoms with E-state index < -0.39 is 31.8 Å². The molecule has 0 saturated heterocycles. The minimum atomic E-state index is -4.31. The van der Waals surface area contributed by atoms with Crippen LogP contribution in [0.1, 0.15) is 22.4 Å². The van der Waals surface area contributed by atoms with Crippen LogP contribution in [0.25, 0.3) is 0 Å². The summed E-state index contributed by atoms with van der Waals surface area (Å²) in [5.41, 5.74) is 2.82. The number of hydrogen-bond donors (Lipinski definition) is 0. The molecule has 0 spiro atoms. The number of sulfonamides is 1. The first-order valence-corrected chi connectivity index (χ1v) is 15.8. The first-order valence-electron chi connectivity index (χ1n) is 12.5. The Morgan fingerprint density at radius 1 is 1.07 bits per heavy atom. The average molecular weight is 591 g/mol. The smallest absolute Gasteiger partial charge is 0.261 e. The van der Waals surface area contributed by atoms with Gasteiger partial charge in [-0.1, -0.05) is 18.2 Å². The van der Waals surface area contributed by atoms with E-state index in [1.807, 2.05) is 0 Å². The van der Waals surface area contributed by atoms with E-state index in [0.29, 0.717) is 22.4 Å². The van der Waals surface area contributed by atoms with E-state index >= 15 is 0 Å². The summed E-state index contributed by atoms with van der Waals surface area (Å²) >= 11 is 0. The highest BCUT2D eigenvalue weighted by atomic mass is 32.2. The zero-order valence-electron chi connectivity index (χ0n) is 22.2. The van der Waals surface area contributed by atoms with E-state index in [1.165, 1.54) is 41.4 Å². The summed E-state index contributed by atoms with van der Waals surface area (Å²) in [4.78, 5) is 24.0. The van der Waals surface area contributed by atoms with Gasteiger partial charge in [0.15, 0.2) is 14.9 Å². The molecule has 2 aromatic heterocycles. The van der Waals surface area contributed by atoms with Crippen LogP contribution in [0.3, 0.4) is 0 Å². The van der Waals surface area contributed by atoms with Crippen LogP contribution in [0.2, 0.25) is 0 Å². The highest BCUT2D eigenvalue weighted by Crippen LogP contribution is 2.34. The monoisotopic (exact) mass is 590 g/mol. The van der Waals surface area contributed by atoms with Gasteiger partial charge in [-0.2, -0.15) is 9.57 Å². The lowest BCUT2D eigenvalue weighted by molar-refractivity contribution is -0.123. The number of benzene rings is 2. The number of nitriles is 1. The quantitative estimate of drug-likeness (QED) is 0.304. The molecule has 3 heterocycles. The van der Waals surface area contributed by atoms with Crippen LogP contribution in [-0.4, -0.2) is 53.9 Å². The molecule has 1 amide bonds. The minimum absolute atomic E-state index is 0.0268. The summed E-state index contributed by atoms with van der Waals surface area (Å²) in [6.07, 6.45) is 5.71. The van der Waals surface area contributed by atoms with Crippen molar-refractivity contribution < 1.29 is 21.6 Å². The van der Waals surface area contributed by atoms with E-state index in [9.17, 15) is 26.9 Å². The maximum Gasteiger partial charge on any atom is 0.261 e. The molecule has 0 radical (unpaired) electrons. The normalized spacial score (nSPS) is 15.5. The van der Waals surface area contributed by atoms with Gasteiger partial charge in [-0.15, -0.1) is 0 Å². The Balaban J connectivity index is 1.62. The number of aromatic nitrogens is 3. The number of imidazole rings is 1. The third-order valence-electron chi connectivity index (χ3n) is 6.95. The summed E-state index contributed by atoms with van der Waals surface area (Å²) in [6.45, 7) is -0.0859. The van der Waals surface area contributed by atoms with Gasteiger partial charge in [-0.25, -0.2) is 26.8 Å². The number of aryl methyl sites for hydroxylation is 1. The number of anilines is 1. The predicted octanol–water partition coefficient (Wildman–Crippen LogP) is 2.44. The van der Waals surface area contributed by atoms with Crippen molar-refractivity contribution in [3.05, 3.63) is 102 Å². The van der Waals surface area contributed by atoms with Crippen molar-refractivity contribution in [3.63, 3.8) is 0 Å². The Bertz CT molecular complexity index is 1860. The second-order valence-electron chi connectivity index (χ2n) is 9.73. The molecule has 5 rings (SSSR count). The van der Waals surface area contributed by atoms with Crippen LogP contribution < -0.4 is 4.90 Å². The van der Waals surface area contributed by atoms with Crippen molar-refractivity contribution in [2.24, 2.45) is 7.05 Å². The molecule has 0 fully saturated rings. The molecule has 1 unspecified atom stereocenters. The van der Waals surface area contributed by atoms with E-state index in [1.54, 1.807) is 54.5 Å². The van der Waals surface area contributed by atoms with Gasteiger partial charge in [0.25, 0.3) is 10.0 Å². The molecule has 210 valence electrons. The number of carbonyl (C=O) groups is 1. The number of fused-ring (bicyclic) bond motifs is 1. The van der Waals surface area contributed by atoms with Crippen molar-refractivity contribution in [2.45, 2.75) is 35.5 Å². The summed E-state index contributed by atoms with van der Waals surface area (Å²) in [5.74, 6) is -0.448. The maximum absolute atomic E-state index is 14.2. The van der Waals surface area contributed by atoms with Crippen LogP contribution in [-0.2, 0) is 51.2 Å². The molecule has 0 aliphatic carbocycles. The van der Waals surface area contributed by atoms with Gasteiger partial charge in [0.1, 0.15) is 6.04 Å². The molecule has 11 nitrogen and oxygen atoms in total. The van der Waals surface area contributed by atoms with Crippen LogP contribution >= 0.6 is 0 Å². The molecule has 0 N–H and O–H groups in total. The first kappa shape index (κ1) is 28.2. The number of rotatable bonds is 8. The van der Waals surface area contributed by atoms with Gasteiger partial charge in [0.05, 0.1) is 35.1 Å². The molecule has 13 heteroatoms. The molecule has 1 atom stereocenters. The van der Waals surface area contributed by atoms with E-state index in [-0.39, 0.29) is 29.4 Å². The SMILES string of the molecule is Cn1cncc1CN1C(=O)C(N(Cc2ccc(S(C)(=O)=O)cc2)S(=O)(=O)c2ccccn2)Cc2cc(C#N)ccc21. The molecule has 2 aromatic carbocycles. The number of sulfone groups is 1. The second kappa shape index (κ2) is 10.9. The Morgan fingerprint density at radius 2 is 1.83 bits per heavy atom. The molecule has 4 aromatic rings. The van der Waals surface area contributed by atoms with Gasteiger partial charge < -0.3 is 9.47 Å². The number of carbonyl (C=O) groups excluding carboxylic acids is 1. The third-order valence-corrected chi connectivity index (χ3v) is 9.85. The Labute approximate surface area is 238 Å². The van der Waals surface area contributed by atoms with E-state index in [4.69, 9.17) is 0 Å². The lowest BCUT2D eigenvalue weighted by Crippen LogP contribution is -2.54. The van der Waals surface area contributed by atoms with Crippen molar-refractivity contribution in [1.82, 2.24) is 18.8 Å². The van der Waals surface area contributed by atoms with Gasteiger partial charge in [-0.3, -0.25) is 4.79 Å². The van der Waals surface area contributed by atoms with E-state index in [2.05, 4.69) is 16.0 Å². The lowest BCUT2D eigenvalue weighted by atomic mass is 9.95. The number of pyridine rings is 1. The van der Waals surface area contributed by atoms with Gasteiger partial charge in [-0.05, 0) is 53.6 Å². The topological polar surface area (TPSA) is 146 Å². The zero-order valence-corrected chi connectivity index (χ0v) is 23.9. The number of nitrogens with zero attached hydrogens (tertiary/aromatic N) is 6. The molecule has 0 bridgehead atoms. The molecule has 1 aliphatic rings. The fourth-order valence-electron chi connectivity index (χ4n) is 4.77. The standard InChI is InChI=1S/C28H26N6O5S2/c1-32-19-30-16-23(32)18-33-25-11-8-21(15-29)13-22(25)14-26(28(33)35)34(41(38,39)27-5-3-4-12-31-27)17-20-6-9-24(10-7-20)40(2,36)37/h3-13,16,19,26H,14,17-18H2,1-2H3. The number of amides is 1. The Morgan fingerprint density at radius 3 is 2.44 bits per heavy atom. The van der Waals surface area contributed by atoms with Crippen molar-refractivity contribution >= 4 is 31.5 Å². The first-order chi connectivity index (χ1) is 19.5. The summed E-state index contributed by atoms with van der Waals surface area (Å²) < 4.78 is 54.9. The van der Waals surface area contributed by atoms with Gasteiger partial charge >= 0.3 is 0 Å².